The summed E-state index contributed by atoms with van der Waals surface area (Å²) in [4.78, 5) is 11.5. The average molecular weight is 234 g/mol. The third-order valence-electron chi connectivity index (χ3n) is 2.87. The molecule has 0 aliphatic rings. The smallest absolute Gasteiger partial charge is 0.220 e. The Morgan fingerprint density at radius 1 is 1.35 bits per heavy atom. The number of benzene rings is 1. The van der Waals surface area contributed by atoms with Crippen LogP contribution in [0.3, 0.4) is 0 Å². The van der Waals surface area contributed by atoms with E-state index in [9.17, 15) is 4.79 Å². The number of aryl methyl sites for hydroxylation is 1. The Kier molecular flexibility index (Phi) is 5.70. The molecule has 17 heavy (non-hydrogen) atoms. The third-order valence-corrected chi connectivity index (χ3v) is 2.87. The van der Waals surface area contributed by atoms with Crippen LogP contribution in [0.2, 0.25) is 0 Å². The van der Waals surface area contributed by atoms with Gasteiger partial charge in [0.1, 0.15) is 0 Å². The first-order valence-corrected chi connectivity index (χ1v) is 6.25. The van der Waals surface area contributed by atoms with Crippen LogP contribution in [0.5, 0.6) is 0 Å². The molecule has 3 nitrogen and oxygen atoms in total. The first-order chi connectivity index (χ1) is 8.17. The monoisotopic (exact) mass is 234 g/mol. The minimum absolute atomic E-state index is 0.0613. The van der Waals surface area contributed by atoms with Gasteiger partial charge in [0.15, 0.2) is 0 Å². The van der Waals surface area contributed by atoms with Crippen molar-refractivity contribution in [3.05, 3.63) is 35.4 Å². The van der Waals surface area contributed by atoms with Crippen LogP contribution in [-0.2, 0) is 11.2 Å². The highest BCUT2D eigenvalue weighted by atomic mass is 16.1. The second-order valence-electron chi connectivity index (χ2n) is 4.28. The number of hydrogen-bond acceptors (Lipinski definition) is 2. The zero-order valence-electron chi connectivity index (χ0n) is 10.7. The molecule has 0 aliphatic carbocycles. The molecule has 1 atom stereocenters. The van der Waals surface area contributed by atoms with Crippen molar-refractivity contribution in [2.75, 3.05) is 6.54 Å². The van der Waals surface area contributed by atoms with E-state index >= 15 is 0 Å². The van der Waals surface area contributed by atoms with E-state index in [0.29, 0.717) is 13.0 Å². The molecule has 0 radical (unpaired) electrons. The van der Waals surface area contributed by atoms with Crippen molar-refractivity contribution in [2.45, 2.75) is 39.2 Å². The van der Waals surface area contributed by atoms with Gasteiger partial charge in [0.25, 0.3) is 0 Å². The van der Waals surface area contributed by atoms with Crippen molar-refractivity contribution in [3.63, 3.8) is 0 Å². The number of nitrogens with one attached hydrogen (secondary N) is 1. The van der Waals surface area contributed by atoms with Crippen LogP contribution in [-0.4, -0.2) is 12.5 Å². The molecule has 0 heterocycles. The first kappa shape index (κ1) is 13.7. The Bertz CT molecular complexity index is 346. The minimum atomic E-state index is 0.0613. The summed E-state index contributed by atoms with van der Waals surface area (Å²) in [5.74, 6) is 0.0718. The lowest BCUT2D eigenvalue weighted by Gasteiger charge is -2.14. The lowest BCUT2D eigenvalue weighted by molar-refractivity contribution is -0.121. The molecule has 0 aromatic heterocycles. The van der Waals surface area contributed by atoms with Crippen LogP contribution in [0.15, 0.2) is 24.3 Å². The molecule has 0 fully saturated rings. The van der Waals surface area contributed by atoms with Gasteiger partial charge in [0.2, 0.25) is 5.91 Å². The van der Waals surface area contributed by atoms with Crippen molar-refractivity contribution in [1.82, 2.24) is 5.32 Å². The quantitative estimate of drug-likeness (QED) is 0.792. The molecule has 1 amide bonds. The van der Waals surface area contributed by atoms with E-state index in [1.54, 1.807) is 0 Å². The zero-order chi connectivity index (χ0) is 12.7. The Morgan fingerprint density at radius 3 is 2.53 bits per heavy atom. The Hall–Kier alpha value is -1.35. The summed E-state index contributed by atoms with van der Waals surface area (Å²) in [6, 6.07) is 8.43. The van der Waals surface area contributed by atoms with Gasteiger partial charge in [-0.3, -0.25) is 4.79 Å². The molecule has 3 heteroatoms. The number of carbonyl (C=O) groups is 1. The summed E-state index contributed by atoms with van der Waals surface area (Å²) < 4.78 is 0. The van der Waals surface area contributed by atoms with Crippen LogP contribution in [0.1, 0.15) is 43.9 Å². The van der Waals surface area contributed by atoms with Gasteiger partial charge in [0, 0.05) is 6.42 Å². The molecule has 3 N–H and O–H groups in total. The van der Waals surface area contributed by atoms with Gasteiger partial charge in [-0.2, -0.15) is 0 Å². The fourth-order valence-corrected chi connectivity index (χ4v) is 1.70. The van der Waals surface area contributed by atoms with Crippen molar-refractivity contribution < 1.29 is 4.79 Å². The van der Waals surface area contributed by atoms with E-state index in [1.807, 2.05) is 6.92 Å². The number of rotatable bonds is 6. The molecular formula is C14H22N2O. The maximum absolute atomic E-state index is 11.5. The Balaban J connectivity index is 2.51. The third kappa shape index (κ3) is 4.57. The highest BCUT2D eigenvalue weighted by molar-refractivity contribution is 5.76. The summed E-state index contributed by atoms with van der Waals surface area (Å²) in [5.41, 5.74) is 7.83. The topological polar surface area (TPSA) is 55.1 Å². The second-order valence-corrected chi connectivity index (χ2v) is 4.28. The van der Waals surface area contributed by atoms with E-state index in [1.165, 1.54) is 5.56 Å². The van der Waals surface area contributed by atoms with Crippen molar-refractivity contribution in [1.29, 1.82) is 0 Å². The molecule has 0 saturated heterocycles. The van der Waals surface area contributed by atoms with Crippen molar-refractivity contribution in [3.8, 4) is 0 Å². The molecule has 94 valence electrons. The SMILES string of the molecule is CCc1ccc(C(C)NC(=O)CCCN)cc1. The van der Waals surface area contributed by atoms with Crippen LogP contribution in [0.4, 0.5) is 0 Å². The fourth-order valence-electron chi connectivity index (χ4n) is 1.70. The average Bonchev–Trinajstić information content (AvgIpc) is 2.36. The van der Waals surface area contributed by atoms with Crippen LogP contribution in [0.25, 0.3) is 0 Å². The number of hydrogen-bond donors (Lipinski definition) is 2. The lowest BCUT2D eigenvalue weighted by atomic mass is 10.0. The van der Waals surface area contributed by atoms with E-state index in [-0.39, 0.29) is 11.9 Å². The van der Waals surface area contributed by atoms with Gasteiger partial charge in [-0.05, 0) is 37.4 Å². The largest absolute Gasteiger partial charge is 0.350 e. The van der Waals surface area contributed by atoms with Gasteiger partial charge in [-0.15, -0.1) is 0 Å². The van der Waals surface area contributed by atoms with E-state index in [4.69, 9.17) is 5.73 Å². The van der Waals surface area contributed by atoms with Gasteiger partial charge in [-0.1, -0.05) is 31.2 Å². The predicted octanol–water partition coefficient (Wildman–Crippen LogP) is 2.17. The molecule has 0 spiro atoms. The minimum Gasteiger partial charge on any atom is -0.350 e. The highest BCUT2D eigenvalue weighted by Crippen LogP contribution is 2.13. The zero-order valence-corrected chi connectivity index (χ0v) is 10.7. The van der Waals surface area contributed by atoms with Crippen LogP contribution in [0, 0.1) is 0 Å². The van der Waals surface area contributed by atoms with E-state index < -0.39 is 0 Å². The standard InChI is InChI=1S/C14H22N2O/c1-3-12-6-8-13(9-7-12)11(2)16-14(17)5-4-10-15/h6-9,11H,3-5,10,15H2,1-2H3,(H,16,17). The second kappa shape index (κ2) is 7.07. The molecule has 0 aliphatic heterocycles. The molecule has 0 bridgehead atoms. The van der Waals surface area contributed by atoms with Crippen molar-refractivity contribution >= 4 is 5.91 Å². The van der Waals surface area contributed by atoms with Crippen LogP contribution >= 0.6 is 0 Å². The molecule has 0 saturated carbocycles. The highest BCUT2D eigenvalue weighted by Gasteiger charge is 2.08. The first-order valence-electron chi connectivity index (χ1n) is 6.25. The summed E-state index contributed by atoms with van der Waals surface area (Å²) in [6.07, 6.45) is 2.29. The van der Waals surface area contributed by atoms with Gasteiger partial charge < -0.3 is 11.1 Å². The maximum atomic E-state index is 11.5. The normalized spacial score (nSPS) is 12.2. The number of amides is 1. The molecule has 1 aromatic rings. The summed E-state index contributed by atoms with van der Waals surface area (Å²) in [7, 11) is 0. The van der Waals surface area contributed by atoms with E-state index in [0.717, 1.165) is 18.4 Å². The lowest BCUT2D eigenvalue weighted by Crippen LogP contribution is -2.26. The summed E-state index contributed by atoms with van der Waals surface area (Å²) >= 11 is 0. The summed E-state index contributed by atoms with van der Waals surface area (Å²) in [6.45, 7) is 4.70. The van der Waals surface area contributed by atoms with Crippen molar-refractivity contribution in [2.24, 2.45) is 5.73 Å². The maximum Gasteiger partial charge on any atom is 0.220 e. The number of nitrogens with two attached hydrogens (primary N) is 1. The molecule has 1 rings (SSSR count). The van der Waals surface area contributed by atoms with Gasteiger partial charge in [0.05, 0.1) is 6.04 Å². The van der Waals surface area contributed by atoms with Crippen LogP contribution < -0.4 is 11.1 Å². The molecule has 1 aromatic carbocycles. The molecule has 1 unspecified atom stereocenters. The Labute approximate surface area is 103 Å². The number of carbonyl (C=O) groups excluding carboxylic acids is 1. The van der Waals surface area contributed by atoms with E-state index in [2.05, 4.69) is 36.5 Å². The fraction of sp³-hybridized carbons (Fsp3) is 0.500. The Morgan fingerprint density at radius 2 is 2.00 bits per heavy atom. The van der Waals surface area contributed by atoms with Gasteiger partial charge in [-0.25, -0.2) is 0 Å². The summed E-state index contributed by atoms with van der Waals surface area (Å²) in [5, 5.41) is 2.97. The van der Waals surface area contributed by atoms with Gasteiger partial charge >= 0.3 is 0 Å². The predicted molar refractivity (Wildman–Crippen MR) is 70.7 cm³/mol. The molecular weight excluding hydrogens is 212 g/mol.